The molecule has 1 aliphatic heterocycles. The van der Waals surface area contributed by atoms with E-state index in [-0.39, 0.29) is 18.4 Å². The topological polar surface area (TPSA) is 78.2 Å². The van der Waals surface area contributed by atoms with E-state index >= 15 is 0 Å². The fourth-order valence-corrected chi connectivity index (χ4v) is 6.42. The first-order valence-electron chi connectivity index (χ1n) is 5.73. The van der Waals surface area contributed by atoms with Crippen molar-refractivity contribution in [3.63, 3.8) is 0 Å². The molecule has 1 heterocycles. The number of rotatable bonds is 1. The Kier molecular flexibility index (Phi) is 1.97. The summed E-state index contributed by atoms with van der Waals surface area (Å²) in [6.45, 7) is -0.0807. The monoisotopic (exact) mass is 241 g/mol. The van der Waals surface area contributed by atoms with E-state index < -0.39 is 15.3 Å². The molecule has 0 amide bonds. The van der Waals surface area contributed by atoms with Crippen LogP contribution in [0.5, 0.6) is 0 Å². The lowest BCUT2D eigenvalue weighted by atomic mass is 9.60. The average Bonchev–Trinajstić information content (AvgIpc) is 2.73. The molecule has 3 rings (SSSR count). The van der Waals surface area contributed by atoms with E-state index in [1.54, 1.807) is 0 Å². The average molecular weight is 241 g/mol. The molecule has 0 spiro atoms. The van der Waals surface area contributed by atoms with Crippen LogP contribution in [0.3, 0.4) is 0 Å². The van der Waals surface area contributed by atoms with E-state index in [0.717, 1.165) is 0 Å². The molecule has 5 heteroatoms. The number of nitrogens with zero attached hydrogens (tertiary/aromatic N) is 1. The molecule has 0 bridgehead atoms. The smallest absolute Gasteiger partial charge is 0.150 e. The van der Waals surface area contributed by atoms with E-state index in [0.29, 0.717) is 36.2 Å². The van der Waals surface area contributed by atoms with Gasteiger partial charge < -0.3 is 5.11 Å². The van der Waals surface area contributed by atoms with Crippen molar-refractivity contribution in [3.8, 4) is 6.07 Å². The summed E-state index contributed by atoms with van der Waals surface area (Å²) in [4.78, 5) is 0. The van der Waals surface area contributed by atoms with Gasteiger partial charge in [0.1, 0.15) is 0 Å². The maximum absolute atomic E-state index is 11.5. The van der Waals surface area contributed by atoms with Crippen molar-refractivity contribution >= 4 is 9.84 Å². The van der Waals surface area contributed by atoms with Crippen LogP contribution in [0.25, 0.3) is 0 Å². The molecule has 5 atom stereocenters. The SMILES string of the molecule is N#CC1(CO)C[C@@H]2[C@H](C1)[C@@H]1CS(=O)(=O)C[C@H]21. The maximum Gasteiger partial charge on any atom is 0.150 e. The van der Waals surface area contributed by atoms with Crippen LogP contribution in [0.15, 0.2) is 0 Å². The van der Waals surface area contributed by atoms with Gasteiger partial charge in [-0.2, -0.15) is 5.26 Å². The molecule has 16 heavy (non-hydrogen) atoms. The number of nitriles is 1. The molecule has 4 nitrogen and oxygen atoms in total. The second-order valence-corrected chi connectivity index (χ2v) is 7.84. The second-order valence-electron chi connectivity index (χ2n) is 5.69. The molecule has 3 fully saturated rings. The molecular formula is C11H15NO3S. The third-order valence-corrected chi connectivity index (χ3v) is 6.67. The predicted octanol–water partition coefficient (Wildman–Crippen LogP) is 0.189. The highest BCUT2D eigenvalue weighted by molar-refractivity contribution is 7.91. The zero-order valence-electron chi connectivity index (χ0n) is 8.96. The molecule has 0 aromatic carbocycles. The highest BCUT2D eigenvalue weighted by Crippen LogP contribution is 2.63. The number of hydrogen-bond donors (Lipinski definition) is 1. The lowest BCUT2D eigenvalue weighted by Crippen LogP contribution is -2.42. The summed E-state index contributed by atoms with van der Waals surface area (Å²) >= 11 is 0. The van der Waals surface area contributed by atoms with Crippen molar-refractivity contribution in [2.45, 2.75) is 12.8 Å². The van der Waals surface area contributed by atoms with Crippen molar-refractivity contribution in [2.24, 2.45) is 29.1 Å². The Morgan fingerprint density at radius 3 is 2.06 bits per heavy atom. The van der Waals surface area contributed by atoms with Crippen LogP contribution in [0.2, 0.25) is 0 Å². The zero-order chi connectivity index (χ0) is 11.6. The Balaban J connectivity index is 1.83. The first kappa shape index (κ1) is 10.5. The normalized spacial score (nSPS) is 52.5. The summed E-state index contributed by atoms with van der Waals surface area (Å²) in [5.41, 5.74) is -0.580. The van der Waals surface area contributed by atoms with Gasteiger partial charge in [0, 0.05) is 0 Å². The molecule has 88 valence electrons. The fraction of sp³-hybridized carbons (Fsp3) is 0.909. The summed E-state index contributed by atoms with van der Waals surface area (Å²) in [5, 5.41) is 18.4. The molecular weight excluding hydrogens is 226 g/mol. The van der Waals surface area contributed by atoms with Crippen molar-refractivity contribution in [3.05, 3.63) is 0 Å². The minimum Gasteiger partial charge on any atom is -0.395 e. The van der Waals surface area contributed by atoms with E-state index in [9.17, 15) is 13.5 Å². The minimum absolute atomic E-state index is 0.0807. The standard InChI is InChI=1S/C11H15NO3S/c12-5-11(6-13)1-7-8(2-11)10-4-16(14,15)3-9(7)10/h7-10,13H,1-4,6H2/t7-,8+,9-,10+,11?. The highest BCUT2D eigenvalue weighted by atomic mass is 32.2. The largest absolute Gasteiger partial charge is 0.395 e. The molecule has 1 saturated heterocycles. The van der Waals surface area contributed by atoms with Gasteiger partial charge in [0.2, 0.25) is 0 Å². The van der Waals surface area contributed by atoms with E-state index in [1.165, 1.54) is 0 Å². The van der Waals surface area contributed by atoms with Crippen LogP contribution in [0, 0.1) is 40.4 Å². The van der Waals surface area contributed by atoms with Crippen molar-refractivity contribution in [1.29, 1.82) is 5.26 Å². The summed E-state index contributed by atoms with van der Waals surface area (Å²) < 4.78 is 23.0. The first-order valence-corrected chi connectivity index (χ1v) is 7.55. The van der Waals surface area contributed by atoms with Gasteiger partial charge in [-0.25, -0.2) is 8.42 Å². The summed E-state index contributed by atoms with van der Waals surface area (Å²) in [5.74, 6) is 1.91. The van der Waals surface area contributed by atoms with Gasteiger partial charge in [-0.15, -0.1) is 0 Å². The van der Waals surface area contributed by atoms with Crippen LogP contribution >= 0.6 is 0 Å². The lowest BCUT2D eigenvalue weighted by molar-refractivity contribution is 0.0462. The Labute approximate surface area is 95.2 Å². The van der Waals surface area contributed by atoms with Gasteiger partial charge in [0.25, 0.3) is 0 Å². The Bertz CT molecular complexity index is 438. The van der Waals surface area contributed by atoms with Gasteiger partial charge in [-0.05, 0) is 36.5 Å². The molecule has 2 saturated carbocycles. The second kappa shape index (κ2) is 2.99. The third kappa shape index (κ3) is 1.20. The van der Waals surface area contributed by atoms with Gasteiger partial charge in [0.05, 0.1) is 29.6 Å². The Morgan fingerprint density at radius 2 is 1.69 bits per heavy atom. The van der Waals surface area contributed by atoms with E-state index in [2.05, 4.69) is 6.07 Å². The number of fused-ring (bicyclic) bond motifs is 4. The van der Waals surface area contributed by atoms with E-state index in [4.69, 9.17) is 5.26 Å². The van der Waals surface area contributed by atoms with Gasteiger partial charge in [-0.1, -0.05) is 0 Å². The van der Waals surface area contributed by atoms with Gasteiger partial charge >= 0.3 is 0 Å². The molecule has 0 aromatic heterocycles. The third-order valence-electron chi connectivity index (χ3n) is 4.89. The molecule has 2 aliphatic carbocycles. The lowest BCUT2D eigenvalue weighted by Gasteiger charge is -2.43. The Hall–Kier alpha value is -0.600. The Morgan fingerprint density at radius 1 is 1.19 bits per heavy atom. The number of sulfone groups is 1. The van der Waals surface area contributed by atoms with Crippen LogP contribution in [0.1, 0.15) is 12.8 Å². The first-order chi connectivity index (χ1) is 7.50. The quantitative estimate of drug-likeness (QED) is 0.711. The number of aliphatic hydroxyl groups excluding tert-OH is 1. The van der Waals surface area contributed by atoms with E-state index in [1.807, 2.05) is 0 Å². The van der Waals surface area contributed by atoms with Crippen molar-refractivity contribution in [2.75, 3.05) is 18.1 Å². The molecule has 1 N–H and O–H groups in total. The molecule has 3 aliphatic rings. The molecule has 0 aromatic rings. The van der Waals surface area contributed by atoms with Crippen LogP contribution in [-0.4, -0.2) is 31.6 Å². The van der Waals surface area contributed by atoms with Gasteiger partial charge in [0.15, 0.2) is 9.84 Å². The summed E-state index contributed by atoms with van der Waals surface area (Å²) in [7, 11) is -2.82. The number of hydrogen-bond acceptors (Lipinski definition) is 4. The van der Waals surface area contributed by atoms with Gasteiger partial charge in [-0.3, -0.25) is 0 Å². The summed E-state index contributed by atoms with van der Waals surface area (Å²) in [6, 6.07) is 2.24. The molecule has 0 radical (unpaired) electrons. The van der Waals surface area contributed by atoms with Crippen molar-refractivity contribution < 1.29 is 13.5 Å². The van der Waals surface area contributed by atoms with Crippen LogP contribution in [-0.2, 0) is 9.84 Å². The fourth-order valence-electron chi connectivity index (χ4n) is 4.12. The predicted molar refractivity (Wildman–Crippen MR) is 57.0 cm³/mol. The highest BCUT2D eigenvalue weighted by Gasteiger charge is 2.63. The molecule has 1 unspecified atom stereocenters. The van der Waals surface area contributed by atoms with Crippen LogP contribution < -0.4 is 0 Å². The minimum atomic E-state index is -2.82. The number of aliphatic hydroxyl groups is 1. The summed E-state index contributed by atoms with van der Waals surface area (Å²) in [6.07, 6.45) is 1.39. The maximum atomic E-state index is 11.5. The van der Waals surface area contributed by atoms with Crippen LogP contribution in [0.4, 0.5) is 0 Å². The van der Waals surface area contributed by atoms with Crippen molar-refractivity contribution in [1.82, 2.24) is 0 Å². The zero-order valence-corrected chi connectivity index (χ0v) is 9.78.